The molecule has 2 aliphatic rings. The van der Waals surface area contributed by atoms with Crippen molar-refractivity contribution < 1.29 is 28.1 Å². The van der Waals surface area contributed by atoms with Crippen molar-refractivity contribution in [1.82, 2.24) is 0 Å². The molecule has 0 bridgehead atoms. The van der Waals surface area contributed by atoms with Gasteiger partial charge in [-0.2, -0.15) is 0 Å². The summed E-state index contributed by atoms with van der Waals surface area (Å²) in [6.07, 6.45) is -5.80. The van der Waals surface area contributed by atoms with Gasteiger partial charge in [-0.3, -0.25) is 0 Å². The fourth-order valence-electron chi connectivity index (χ4n) is 2.35. The summed E-state index contributed by atoms with van der Waals surface area (Å²) >= 11 is 0. The third-order valence-electron chi connectivity index (χ3n) is 3.15. The summed E-state index contributed by atoms with van der Waals surface area (Å²) < 4.78 is 41.9. The Morgan fingerprint density at radius 2 is 1.88 bits per heavy atom. The van der Waals surface area contributed by atoms with Crippen LogP contribution in [0.25, 0.3) is 0 Å². The second-order valence-corrected chi connectivity index (χ2v) is 4.64. The van der Waals surface area contributed by atoms with Crippen LogP contribution in [0.2, 0.25) is 0 Å². The topological polar surface area (TPSA) is 47.9 Å². The van der Waals surface area contributed by atoms with Crippen LogP contribution in [0.1, 0.15) is 27.2 Å². The van der Waals surface area contributed by atoms with E-state index < -0.39 is 36.3 Å². The van der Waals surface area contributed by atoms with Gasteiger partial charge < -0.3 is 19.3 Å². The zero-order valence-corrected chi connectivity index (χ0v) is 9.44. The standard InChI is InChI=1S/C10H16F2O4/c1-4-10(8(11)12)6-5(7(13)16-10)14-9(2,3)15-6/h5-8,13H,4H2,1-3H3/t5-,6+,7?,10-/m1/s1. The zero-order valence-electron chi connectivity index (χ0n) is 9.44. The van der Waals surface area contributed by atoms with Crippen LogP contribution in [-0.2, 0) is 14.2 Å². The highest BCUT2D eigenvalue weighted by atomic mass is 19.3. The molecular weight excluding hydrogens is 222 g/mol. The van der Waals surface area contributed by atoms with Crippen molar-refractivity contribution in [1.29, 1.82) is 0 Å². The first kappa shape index (κ1) is 12.2. The van der Waals surface area contributed by atoms with E-state index in [4.69, 9.17) is 14.2 Å². The van der Waals surface area contributed by atoms with Crippen molar-refractivity contribution in [3.63, 3.8) is 0 Å². The first-order chi connectivity index (χ1) is 7.32. The molecule has 0 radical (unpaired) electrons. The first-order valence-corrected chi connectivity index (χ1v) is 5.32. The summed E-state index contributed by atoms with van der Waals surface area (Å²) in [5.41, 5.74) is -1.77. The second-order valence-electron chi connectivity index (χ2n) is 4.64. The number of aliphatic hydroxyl groups is 1. The molecule has 1 unspecified atom stereocenters. The van der Waals surface area contributed by atoms with E-state index in [1.165, 1.54) is 0 Å². The molecule has 2 fully saturated rings. The van der Waals surface area contributed by atoms with Gasteiger partial charge >= 0.3 is 0 Å². The molecule has 0 spiro atoms. The maximum atomic E-state index is 13.1. The van der Waals surface area contributed by atoms with Gasteiger partial charge in [0.2, 0.25) is 0 Å². The molecule has 0 aromatic carbocycles. The summed E-state index contributed by atoms with van der Waals surface area (Å²) in [5, 5.41) is 9.59. The van der Waals surface area contributed by atoms with Gasteiger partial charge in [-0.05, 0) is 20.3 Å². The zero-order chi connectivity index (χ0) is 12.1. The summed E-state index contributed by atoms with van der Waals surface area (Å²) in [4.78, 5) is 0. The molecule has 0 saturated carbocycles. The van der Waals surface area contributed by atoms with Crippen LogP contribution in [0, 0.1) is 0 Å². The molecule has 0 aromatic rings. The molecule has 94 valence electrons. The highest BCUT2D eigenvalue weighted by Gasteiger charge is 2.65. The van der Waals surface area contributed by atoms with Gasteiger partial charge in [-0.15, -0.1) is 0 Å². The number of hydrogen-bond donors (Lipinski definition) is 1. The average molecular weight is 238 g/mol. The van der Waals surface area contributed by atoms with E-state index in [-0.39, 0.29) is 6.42 Å². The van der Waals surface area contributed by atoms with E-state index >= 15 is 0 Å². The lowest BCUT2D eigenvalue weighted by atomic mass is 9.93. The van der Waals surface area contributed by atoms with Gasteiger partial charge in [-0.1, -0.05) is 6.92 Å². The predicted octanol–water partition coefficient (Wildman–Crippen LogP) is 1.27. The Morgan fingerprint density at radius 1 is 1.25 bits per heavy atom. The molecule has 6 heteroatoms. The molecule has 0 aromatic heterocycles. The molecular formula is C10H16F2O4. The summed E-state index contributed by atoms with van der Waals surface area (Å²) in [7, 11) is 0. The maximum Gasteiger partial charge on any atom is 0.269 e. The number of halogens is 2. The average Bonchev–Trinajstić information content (AvgIpc) is 2.61. The van der Waals surface area contributed by atoms with E-state index in [0.29, 0.717) is 0 Å². The van der Waals surface area contributed by atoms with Crippen LogP contribution < -0.4 is 0 Å². The minimum atomic E-state index is -2.72. The Balaban J connectivity index is 2.30. The number of ether oxygens (including phenoxy) is 3. The number of hydrogen-bond acceptors (Lipinski definition) is 4. The van der Waals surface area contributed by atoms with Crippen LogP contribution in [0.3, 0.4) is 0 Å². The van der Waals surface area contributed by atoms with Crippen molar-refractivity contribution in [2.75, 3.05) is 0 Å². The molecule has 2 heterocycles. The smallest absolute Gasteiger partial charge is 0.269 e. The minimum Gasteiger partial charge on any atom is -0.366 e. The first-order valence-electron chi connectivity index (χ1n) is 5.32. The molecule has 0 aliphatic carbocycles. The third kappa shape index (κ3) is 1.55. The van der Waals surface area contributed by atoms with Gasteiger partial charge in [-0.25, -0.2) is 8.78 Å². The summed E-state index contributed by atoms with van der Waals surface area (Å²) in [6.45, 7) is 4.84. The fourth-order valence-corrected chi connectivity index (χ4v) is 2.35. The monoisotopic (exact) mass is 238 g/mol. The molecule has 4 nitrogen and oxygen atoms in total. The SMILES string of the molecule is CC[C@@]1(C(F)F)OC(O)[C@@H]2OC(C)(C)O[C@@H]21. The van der Waals surface area contributed by atoms with Crippen molar-refractivity contribution in [2.24, 2.45) is 0 Å². The van der Waals surface area contributed by atoms with Crippen molar-refractivity contribution in [3.05, 3.63) is 0 Å². The van der Waals surface area contributed by atoms with Crippen LogP contribution in [0.15, 0.2) is 0 Å². The third-order valence-corrected chi connectivity index (χ3v) is 3.15. The fraction of sp³-hybridized carbons (Fsp3) is 1.00. The lowest BCUT2D eigenvalue weighted by Crippen LogP contribution is -2.48. The second kappa shape index (κ2) is 3.60. The number of aliphatic hydroxyl groups excluding tert-OH is 1. The maximum absolute atomic E-state index is 13.1. The van der Waals surface area contributed by atoms with Crippen LogP contribution in [-0.4, -0.2) is 41.4 Å². The van der Waals surface area contributed by atoms with Gasteiger partial charge in [0.05, 0.1) is 0 Å². The molecule has 0 amide bonds. The van der Waals surface area contributed by atoms with Crippen LogP contribution in [0.5, 0.6) is 0 Å². The normalized spacial score (nSPS) is 46.3. The van der Waals surface area contributed by atoms with Gasteiger partial charge in [0.25, 0.3) is 6.43 Å². The minimum absolute atomic E-state index is 0.0579. The molecule has 2 saturated heterocycles. The van der Waals surface area contributed by atoms with E-state index in [9.17, 15) is 13.9 Å². The molecule has 1 N–H and O–H groups in total. The van der Waals surface area contributed by atoms with Crippen molar-refractivity contribution >= 4 is 0 Å². The number of alkyl halides is 2. The van der Waals surface area contributed by atoms with E-state index in [1.54, 1.807) is 20.8 Å². The van der Waals surface area contributed by atoms with Crippen molar-refractivity contribution in [3.8, 4) is 0 Å². The Kier molecular flexibility index (Phi) is 2.73. The Bertz CT molecular complexity index is 284. The molecule has 4 atom stereocenters. The summed E-state index contributed by atoms with van der Waals surface area (Å²) in [5.74, 6) is -0.963. The van der Waals surface area contributed by atoms with Crippen LogP contribution in [0.4, 0.5) is 8.78 Å². The lowest BCUT2D eigenvalue weighted by molar-refractivity contribution is -0.267. The number of fused-ring (bicyclic) bond motifs is 1. The highest BCUT2D eigenvalue weighted by molar-refractivity contribution is 5.05. The predicted molar refractivity (Wildman–Crippen MR) is 49.9 cm³/mol. The van der Waals surface area contributed by atoms with E-state index in [2.05, 4.69) is 0 Å². The highest BCUT2D eigenvalue weighted by Crippen LogP contribution is 2.47. The molecule has 2 aliphatic heterocycles. The van der Waals surface area contributed by atoms with Crippen molar-refractivity contribution in [2.45, 2.75) is 63.5 Å². The van der Waals surface area contributed by atoms with E-state index in [0.717, 1.165) is 0 Å². The lowest BCUT2D eigenvalue weighted by Gasteiger charge is -2.32. The van der Waals surface area contributed by atoms with Gasteiger partial charge in [0.15, 0.2) is 17.7 Å². The quantitative estimate of drug-likeness (QED) is 0.787. The Labute approximate surface area is 92.5 Å². The Hall–Kier alpha value is -0.300. The Morgan fingerprint density at radius 3 is 2.38 bits per heavy atom. The van der Waals surface area contributed by atoms with E-state index in [1.807, 2.05) is 0 Å². The largest absolute Gasteiger partial charge is 0.366 e. The molecule has 2 rings (SSSR count). The van der Waals surface area contributed by atoms with Crippen LogP contribution >= 0.6 is 0 Å². The summed E-state index contributed by atoms with van der Waals surface area (Å²) in [6, 6.07) is 0. The molecule has 16 heavy (non-hydrogen) atoms. The number of rotatable bonds is 2. The van der Waals surface area contributed by atoms with Gasteiger partial charge in [0.1, 0.15) is 12.2 Å². The van der Waals surface area contributed by atoms with Gasteiger partial charge in [0, 0.05) is 0 Å².